The Kier molecular flexibility index (Phi) is 16.8. The van der Waals surface area contributed by atoms with Gasteiger partial charge in [0.2, 0.25) is 16.9 Å². The van der Waals surface area contributed by atoms with E-state index in [-0.39, 0.29) is 60.4 Å². The quantitative estimate of drug-likeness (QED) is 0.0426. The second-order valence-corrected chi connectivity index (χ2v) is 17.7. The molecule has 30 heteroatoms. The number of carbonyl (C=O) groups is 3. The number of nitrogens with zero attached hydrogens (tertiary/aromatic N) is 4. The fraction of sp³-hybridized carbons (Fsp3) is 0.680. The van der Waals surface area contributed by atoms with E-state index in [2.05, 4.69) is 34.4 Å². The molecule has 55 heavy (non-hydrogen) atoms. The van der Waals surface area contributed by atoms with Gasteiger partial charge in [-0.1, -0.05) is 25.6 Å². The summed E-state index contributed by atoms with van der Waals surface area (Å²) in [5.41, 5.74) is 9.80. The lowest BCUT2D eigenvalue weighted by Crippen LogP contribution is -2.46. The lowest BCUT2D eigenvalue weighted by atomic mass is 9.87. The molecule has 312 valence electrons. The van der Waals surface area contributed by atoms with Gasteiger partial charge in [-0.2, -0.15) is 4.31 Å². The highest BCUT2D eigenvalue weighted by Gasteiger charge is 2.50. The number of phosphoric acid groups is 3. The fourth-order valence-corrected chi connectivity index (χ4v) is 8.21. The van der Waals surface area contributed by atoms with Crippen molar-refractivity contribution in [3.8, 4) is 0 Å². The molecule has 13 N–H and O–H groups in total. The van der Waals surface area contributed by atoms with Crippen LogP contribution < -0.4 is 22.1 Å². The van der Waals surface area contributed by atoms with Gasteiger partial charge in [-0.15, -0.1) is 0 Å². The van der Waals surface area contributed by atoms with Gasteiger partial charge < -0.3 is 61.7 Å². The highest BCUT2D eigenvalue weighted by atomic mass is 32.2. The number of aliphatic hydroxyl groups is 3. The molecule has 0 saturated carbocycles. The maximum atomic E-state index is 12.7. The van der Waals surface area contributed by atoms with E-state index in [0.717, 1.165) is 29.0 Å². The van der Waals surface area contributed by atoms with Crippen molar-refractivity contribution in [2.24, 2.45) is 11.1 Å². The predicted molar refractivity (Wildman–Crippen MR) is 187 cm³/mol. The SMILES string of the molecule is CC(C)(COP(=O)(O)OP(=O)(O)OCC1OC(n2cnc3c(N)ncnc32)C(O)C1OP(=O)(O)O)C(O)C(=O)NCCC(=O)NCCSC(=O)C(N)CCO. The Morgan fingerprint density at radius 2 is 1.75 bits per heavy atom. The van der Waals surface area contributed by atoms with Crippen LogP contribution >= 0.6 is 35.2 Å². The topological polar surface area (TPSA) is 410 Å². The molecular formula is C25H43N8O18P3S. The van der Waals surface area contributed by atoms with E-state index in [1.165, 1.54) is 13.8 Å². The monoisotopic (exact) mass is 868 g/mol. The number of phosphoric ester groups is 3. The highest BCUT2D eigenvalue weighted by molar-refractivity contribution is 8.13. The molecule has 3 heterocycles. The lowest BCUT2D eigenvalue weighted by molar-refractivity contribution is -0.137. The molecule has 0 spiro atoms. The van der Waals surface area contributed by atoms with Crippen molar-refractivity contribution in [2.75, 3.05) is 44.4 Å². The van der Waals surface area contributed by atoms with Gasteiger partial charge in [0.1, 0.15) is 36.3 Å². The van der Waals surface area contributed by atoms with Crippen molar-refractivity contribution in [3.05, 3.63) is 12.7 Å². The normalized spacial score (nSPS) is 22.4. The number of amides is 2. The average molecular weight is 869 g/mol. The van der Waals surface area contributed by atoms with Crippen molar-refractivity contribution in [1.29, 1.82) is 0 Å². The molecule has 8 unspecified atom stereocenters. The van der Waals surface area contributed by atoms with Crippen molar-refractivity contribution in [2.45, 2.75) is 63.4 Å². The first kappa shape index (κ1) is 46.9. The van der Waals surface area contributed by atoms with Crippen LogP contribution in [0.4, 0.5) is 5.82 Å². The van der Waals surface area contributed by atoms with Crippen LogP contribution in [0.2, 0.25) is 0 Å². The Morgan fingerprint density at radius 3 is 2.40 bits per heavy atom. The van der Waals surface area contributed by atoms with E-state index in [1.807, 2.05) is 0 Å². The van der Waals surface area contributed by atoms with Gasteiger partial charge in [0.25, 0.3) is 0 Å². The predicted octanol–water partition coefficient (Wildman–Crippen LogP) is -2.63. The fourth-order valence-electron chi connectivity index (χ4n) is 4.65. The van der Waals surface area contributed by atoms with Gasteiger partial charge in [0, 0.05) is 37.3 Å². The number of imidazole rings is 1. The number of hydrogen-bond acceptors (Lipinski definition) is 20. The Balaban J connectivity index is 1.50. The van der Waals surface area contributed by atoms with Crippen LogP contribution in [0.5, 0.6) is 0 Å². The van der Waals surface area contributed by atoms with Crippen LogP contribution in [0, 0.1) is 5.41 Å². The minimum atomic E-state index is -5.58. The van der Waals surface area contributed by atoms with Crippen molar-refractivity contribution >= 4 is 69.1 Å². The summed E-state index contributed by atoms with van der Waals surface area (Å²) in [6.45, 7) is 0.0483. The average Bonchev–Trinajstić information content (AvgIpc) is 3.64. The molecule has 3 rings (SSSR count). The molecule has 2 amide bonds. The number of aliphatic hydroxyl groups excluding tert-OH is 3. The van der Waals surface area contributed by atoms with Crippen molar-refractivity contribution in [1.82, 2.24) is 30.2 Å². The number of nitrogens with two attached hydrogens (primary N) is 2. The van der Waals surface area contributed by atoms with Gasteiger partial charge in [-0.05, 0) is 6.42 Å². The number of fused-ring (bicyclic) bond motifs is 1. The molecule has 0 radical (unpaired) electrons. The van der Waals surface area contributed by atoms with E-state index < -0.39 is 90.6 Å². The van der Waals surface area contributed by atoms with E-state index in [1.54, 1.807) is 0 Å². The number of thioether (sulfide) groups is 1. The van der Waals surface area contributed by atoms with Gasteiger partial charge in [-0.25, -0.2) is 28.6 Å². The van der Waals surface area contributed by atoms with Gasteiger partial charge in [0.15, 0.2) is 17.7 Å². The van der Waals surface area contributed by atoms with Crippen LogP contribution in [0.3, 0.4) is 0 Å². The number of nitrogens with one attached hydrogen (secondary N) is 2. The number of anilines is 1. The summed E-state index contributed by atoms with van der Waals surface area (Å²) in [6.07, 6.45) is -6.92. The standard InChI is InChI=1S/C25H43N8O18P3S/c1-25(2,19(37)22(38)29-5-3-15(35)28-6-8-55-24(39)13(26)4-7-34)10-48-54(45,46)51-53(43,44)47-9-14-18(50-52(40,41)42)17(36)23(49-14)33-12-32-16-20(27)30-11-31-21(16)33/h11-14,17-19,23,34,36-37H,3-10,26H2,1-2H3,(H,28,35)(H,29,38)(H,43,44)(H,45,46)(H2,27,30,31)(H2,40,41,42). The number of ether oxygens (including phenoxy) is 1. The van der Waals surface area contributed by atoms with E-state index >= 15 is 0 Å². The lowest BCUT2D eigenvalue weighted by Gasteiger charge is -2.30. The minimum Gasteiger partial charge on any atom is -0.396 e. The maximum absolute atomic E-state index is 12.7. The highest BCUT2D eigenvalue weighted by Crippen LogP contribution is 2.61. The Bertz CT molecular complexity index is 1800. The van der Waals surface area contributed by atoms with Crippen LogP contribution in [0.1, 0.15) is 32.9 Å². The Hall–Kier alpha value is -2.52. The zero-order valence-corrected chi connectivity index (χ0v) is 32.6. The number of carbonyl (C=O) groups excluding carboxylic acids is 3. The number of rotatable bonds is 22. The van der Waals surface area contributed by atoms with Gasteiger partial charge in [-0.3, -0.25) is 32.5 Å². The molecule has 2 aromatic heterocycles. The molecule has 2 aromatic rings. The zero-order valence-electron chi connectivity index (χ0n) is 29.1. The zero-order chi connectivity index (χ0) is 41.4. The first-order valence-electron chi connectivity index (χ1n) is 15.9. The molecule has 1 aliphatic heterocycles. The first-order valence-corrected chi connectivity index (χ1v) is 21.4. The van der Waals surface area contributed by atoms with Crippen LogP contribution in [0.15, 0.2) is 12.7 Å². The molecule has 26 nitrogen and oxygen atoms in total. The minimum absolute atomic E-state index is 0.0235. The third-order valence-corrected chi connectivity index (χ3v) is 11.6. The number of nitrogen functional groups attached to an aromatic ring is 1. The molecule has 0 bridgehead atoms. The van der Waals surface area contributed by atoms with Gasteiger partial charge >= 0.3 is 23.5 Å². The van der Waals surface area contributed by atoms with Crippen LogP contribution in [-0.2, 0) is 50.7 Å². The Labute approximate surface area is 316 Å². The molecule has 1 saturated heterocycles. The summed E-state index contributed by atoms with van der Waals surface area (Å²) in [7, 11) is -16.4. The summed E-state index contributed by atoms with van der Waals surface area (Å²) in [5, 5.41) is 34.7. The molecular weight excluding hydrogens is 825 g/mol. The van der Waals surface area contributed by atoms with Crippen molar-refractivity contribution in [3.63, 3.8) is 0 Å². The van der Waals surface area contributed by atoms with E-state index in [0.29, 0.717) is 0 Å². The first-order chi connectivity index (χ1) is 25.5. The molecule has 0 aliphatic carbocycles. The summed E-state index contributed by atoms with van der Waals surface area (Å²) in [6, 6.07) is -0.831. The smallest absolute Gasteiger partial charge is 0.396 e. The third-order valence-electron chi connectivity index (χ3n) is 7.49. The third kappa shape index (κ3) is 14.1. The molecule has 8 atom stereocenters. The summed E-state index contributed by atoms with van der Waals surface area (Å²) < 4.78 is 61.9. The van der Waals surface area contributed by atoms with Crippen molar-refractivity contribution < 1.29 is 85.6 Å². The van der Waals surface area contributed by atoms with Crippen LogP contribution in [0.25, 0.3) is 11.2 Å². The summed E-state index contributed by atoms with van der Waals surface area (Å²) in [5.74, 6) is -1.33. The number of aromatic nitrogens is 4. The molecule has 1 fully saturated rings. The Morgan fingerprint density at radius 1 is 1.07 bits per heavy atom. The second-order valence-electron chi connectivity index (χ2n) is 12.4. The largest absolute Gasteiger partial charge is 0.481 e. The maximum Gasteiger partial charge on any atom is 0.481 e. The second kappa shape index (κ2) is 19.8. The number of hydrogen-bond donors (Lipinski definition) is 11. The summed E-state index contributed by atoms with van der Waals surface area (Å²) >= 11 is 0.882. The summed E-state index contributed by atoms with van der Waals surface area (Å²) in [4.78, 5) is 87.1. The molecule has 1 aliphatic rings. The molecule has 0 aromatic carbocycles. The van der Waals surface area contributed by atoms with Crippen LogP contribution in [-0.4, -0.2) is 140 Å². The van der Waals surface area contributed by atoms with Gasteiger partial charge in [0.05, 0.1) is 25.6 Å². The van der Waals surface area contributed by atoms with E-state index in [4.69, 9.17) is 30.4 Å². The van der Waals surface area contributed by atoms with E-state index in [9.17, 15) is 57.9 Å².